The van der Waals surface area contributed by atoms with Gasteiger partial charge in [0.25, 0.3) is 5.91 Å². The molecule has 14 heavy (non-hydrogen) atoms. The fourth-order valence-corrected chi connectivity index (χ4v) is 2.10. The van der Waals surface area contributed by atoms with Gasteiger partial charge in [-0.25, -0.2) is 5.01 Å². The zero-order valence-corrected chi connectivity index (χ0v) is 8.46. The molecule has 1 fully saturated rings. The van der Waals surface area contributed by atoms with Crippen LogP contribution >= 0.6 is 11.8 Å². The zero-order valence-electron chi connectivity index (χ0n) is 7.64. The number of thioether (sulfide) groups is 1. The average molecular weight is 209 g/mol. The largest absolute Gasteiger partial charge is 0.284 e. The Labute approximate surface area is 86.7 Å². The van der Waals surface area contributed by atoms with Crippen molar-refractivity contribution in [1.29, 1.82) is 0 Å². The predicted octanol–water partition coefficient (Wildman–Crippen LogP) is 0.733. The standard InChI is InChI=1S/C9H11N3OS/c13-9(8-2-1-3-10-6-8)11-12-4-5-14-7-12/h1-3,6H,4-5,7H2,(H,11,13). The molecule has 74 valence electrons. The lowest BCUT2D eigenvalue weighted by atomic mass is 10.3. The van der Waals surface area contributed by atoms with Crippen molar-refractivity contribution in [3.05, 3.63) is 30.1 Å². The number of nitrogens with one attached hydrogen (secondary N) is 1. The summed E-state index contributed by atoms with van der Waals surface area (Å²) in [7, 11) is 0. The van der Waals surface area contributed by atoms with Crippen LogP contribution < -0.4 is 5.43 Å². The minimum absolute atomic E-state index is 0.0828. The van der Waals surface area contributed by atoms with Crippen molar-refractivity contribution >= 4 is 17.7 Å². The molecule has 1 N–H and O–H groups in total. The Hall–Kier alpha value is -1.07. The molecule has 0 aliphatic carbocycles. The minimum atomic E-state index is -0.0828. The Morgan fingerprint density at radius 3 is 3.21 bits per heavy atom. The molecule has 1 aromatic rings. The van der Waals surface area contributed by atoms with Crippen molar-refractivity contribution in [2.75, 3.05) is 18.2 Å². The van der Waals surface area contributed by atoms with Gasteiger partial charge in [0.2, 0.25) is 0 Å². The molecule has 0 unspecified atom stereocenters. The third kappa shape index (κ3) is 2.24. The molecule has 0 bridgehead atoms. The van der Waals surface area contributed by atoms with Crippen LogP contribution in [0.5, 0.6) is 0 Å². The fourth-order valence-electron chi connectivity index (χ4n) is 1.21. The van der Waals surface area contributed by atoms with E-state index in [0.717, 1.165) is 18.2 Å². The molecule has 1 saturated heterocycles. The van der Waals surface area contributed by atoms with Gasteiger partial charge in [-0.05, 0) is 12.1 Å². The maximum atomic E-state index is 11.6. The molecule has 2 rings (SSSR count). The lowest BCUT2D eigenvalue weighted by Gasteiger charge is -2.14. The first-order valence-corrected chi connectivity index (χ1v) is 5.55. The summed E-state index contributed by atoms with van der Waals surface area (Å²) in [6.45, 7) is 0.913. The zero-order chi connectivity index (χ0) is 9.80. The van der Waals surface area contributed by atoms with Crippen LogP contribution in [0.1, 0.15) is 10.4 Å². The number of aromatic nitrogens is 1. The van der Waals surface area contributed by atoms with Gasteiger partial charge in [-0.3, -0.25) is 15.2 Å². The number of hydrogen-bond donors (Lipinski definition) is 1. The van der Waals surface area contributed by atoms with Crippen molar-refractivity contribution < 1.29 is 4.79 Å². The Bertz CT molecular complexity index is 311. The number of nitrogens with zero attached hydrogens (tertiary/aromatic N) is 2. The van der Waals surface area contributed by atoms with E-state index in [1.165, 1.54) is 0 Å². The smallest absolute Gasteiger partial charge is 0.267 e. The van der Waals surface area contributed by atoms with Crippen molar-refractivity contribution in [2.45, 2.75) is 0 Å². The number of amides is 1. The summed E-state index contributed by atoms with van der Waals surface area (Å²) in [6.07, 6.45) is 3.22. The average Bonchev–Trinajstić information content (AvgIpc) is 2.72. The van der Waals surface area contributed by atoms with Crippen molar-refractivity contribution in [3.63, 3.8) is 0 Å². The van der Waals surface area contributed by atoms with Gasteiger partial charge in [-0.1, -0.05) is 0 Å². The van der Waals surface area contributed by atoms with Gasteiger partial charge in [-0.2, -0.15) is 0 Å². The SMILES string of the molecule is O=C(NN1CCSC1)c1cccnc1. The van der Waals surface area contributed by atoms with Crippen molar-refractivity contribution in [1.82, 2.24) is 15.4 Å². The summed E-state index contributed by atoms with van der Waals surface area (Å²) in [5, 5.41) is 1.92. The van der Waals surface area contributed by atoms with Gasteiger partial charge < -0.3 is 0 Å². The molecule has 0 saturated carbocycles. The van der Waals surface area contributed by atoms with E-state index >= 15 is 0 Å². The quantitative estimate of drug-likeness (QED) is 0.780. The molecular weight excluding hydrogens is 198 g/mol. The number of hydrogen-bond acceptors (Lipinski definition) is 4. The summed E-state index contributed by atoms with van der Waals surface area (Å²) in [6, 6.07) is 3.51. The number of rotatable bonds is 2. The van der Waals surface area contributed by atoms with E-state index in [0.29, 0.717) is 5.56 Å². The van der Waals surface area contributed by atoms with Crippen molar-refractivity contribution in [3.8, 4) is 0 Å². The number of carbonyl (C=O) groups is 1. The number of pyridine rings is 1. The first-order valence-electron chi connectivity index (χ1n) is 4.40. The minimum Gasteiger partial charge on any atom is -0.284 e. The van der Waals surface area contributed by atoms with Crippen LogP contribution in [0.15, 0.2) is 24.5 Å². The van der Waals surface area contributed by atoms with Gasteiger partial charge in [0.1, 0.15) is 0 Å². The highest BCUT2D eigenvalue weighted by Gasteiger charge is 2.15. The Morgan fingerprint density at radius 2 is 2.57 bits per heavy atom. The second-order valence-electron chi connectivity index (χ2n) is 2.98. The molecule has 1 aliphatic heterocycles. The molecule has 4 nitrogen and oxygen atoms in total. The Morgan fingerprint density at radius 1 is 1.64 bits per heavy atom. The first kappa shape index (κ1) is 9.48. The van der Waals surface area contributed by atoms with E-state index < -0.39 is 0 Å². The molecule has 0 spiro atoms. The highest BCUT2D eigenvalue weighted by molar-refractivity contribution is 7.99. The van der Waals surface area contributed by atoms with E-state index in [-0.39, 0.29) is 5.91 Å². The third-order valence-corrected chi connectivity index (χ3v) is 2.90. The predicted molar refractivity (Wildman–Crippen MR) is 55.7 cm³/mol. The second-order valence-corrected chi connectivity index (χ2v) is 4.06. The monoisotopic (exact) mass is 209 g/mol. The highest BCUT2D eigenvalue weighted by atomic mass is 32.2. The number of carbonyl (C=O) groups excluding carboxylic acids is 1. The van der Waals surface area contributed by atoms with E-state index in [4.69, 9.17) is 0 Å². The van der Waals surface area contributed by atoms with Gasteiger partial charge in [0.05, 0.1) is 11.4 Å². The summed E-state index contributed by atoms with van der Waals surface area (Å²) in [4.78, 5) is 15.5. The van der Waals surface area contributed by atoms with Crippen LogP contribution in [0, 0.1) is 0 Å². The molecule has 0 atom stereocenters. The lowest BCUT2D eigenvalue weighted by molar-refractivity contribution is 0.0835. The Balaban J connectivity index is 1.95. The molecule has 5 heteroatoms. The van der Waals surface area contributed by atoms with Gasteiger partial charge >= 0.3 is 0 Å². The van der Waals surface area contributed by atoms with Crippen LogP contribution in [0.4, 0.5) is 0 Å². The summed E-state index contributed by atoms with van der Waals surface area (Å²) in [5.41, 5.74) is 3.43. The van der Waals surface area contributed by atoms with Crippen LogP contribution in [0.3, 0.4) is 0 Å². The maximum absolute atomic E-state index is 11.6. The summed E-state index contributed by atoms with van der Waals surface area (Å²) in [5.74, 6) is 1.86. The fraction of sp³-hybridized carbons (Fsp3) is 0.333. The molecule has 1 aliphatic rings. The molecule has 1 amide bonds. The van der Waals surface area contributed by atoms with Crippen LogP contribution in [0.2, 0.25) is 0 Å². The van der Waals surface area contributed by atoms with Crippen LogP contribution in [-0.4, -0.2) is 34.1 Å². The van der Waals surface area contributed by atoms with E-state index in [1.54, 1.807) is 24.5 Å². The molecular formula is C9H11N3OS. The maximum Gasteiger partial charge on any atom is 0.267 e. The highest BCUT2D eigenvalue weighted by Crippen LogP contribution is 2.10. The van der Waals surface area contributed by atoms with Gasteiger partial charge in [0.15, 0.2) is 0 Å². The second kappa shape index (κ2) is 4.43. The Kier molecular flexibility index (Phi) is 3.00. The molecule has 1 aromatic heterocycles. The molecule has 0 aromatic carbocycles. The summed E-state index contributed by atoms with van der Waals surface area (Å²) < 4.78 is 0. The first-order chi connectivity index (χ1) is 6.86. The topological polar surface area (TPSA) is 45.2 Å². The van der Waals surface area contributed by atoms with Crippen LogP contribution in [0.25, 0.3) is 0 Å². The summed E-state index contributed by atoms with van der Waals surface area (Å²) >= 11 is 1.81. The van der Waals surface area contributed by atoms with Crippen molar-refractivity contribution in [2.24, 2.45) is 0 Å². The van der Waals surface area contributed by atoms with Gasteiger partial charge in [-0.15, -0.1) is 11.8 Å². The van der Waals surface area contributed by atoms with Crippen LogP contribution in [-0.2, 0) is 0 Å². The normalized spacial score (nSPS) is 16.9. The van der Waals surface area contributed by atoms with Gasteiger partial charge in [0, 0.05) is 24.7 Å². The third-order valence-electron chi connectivity index (χ3n) is 1.94. The molecule has 2 heterocycles. The van der Waals surface area contributed by atoms with E-state index in [9.17, 15) is 4.79 Å². The molecule has 0 radical (unpaired) electrons. The number of hydrazine groups is 1. The van der Waals surface area contributed by atoms with E-state index in [1.807, 2.05) is 16.8 Å². The lowest BCUT2D eigenvalue weighted by Crippen LogP contribution is -2.40. The van der Waals surface area contributed by atoms with E-state index in [2.05, 4.69) is 10.4 Å².